The molecule has 2 amide bonds. The van der Waals surface area contributed by atoms with Crippen LogP contribution in [0.5, 0.6) is 11.5 Å². The largest absolute Gasteiger partial charge is 0.457 e. The summed E-state index contributed by atoms with van der Waals surface area (Å²) < 4.78 is 5.96. The van der Waals surface area contributed by atoms with Gasteiger partial charge in [0.15, 0.2) is 0 Å². The fourth-order valence-electron chi connectivity index (χ4n) is 4.31. The summed E-state index contributed by atoms with van der Waals surface area (Å²) in [6.45, 7) is 3.39. The fraction of sp³-hybridized carbons (Fsp3) is 0.250. The number of fused-ring (bicyclic) bond motifs is 1. The number of carbonyl (C=O) groups excluding carboxylic acids is 1. The van der Waals surface area contributed by atoms with Crippen LogP contribution in [0, 0.1) is 5.92 Å². The molecule has 31 heavy (non-hydrogen) atoms. The first-order valence-electron chi connectivity index (χ1n) is 10.4. The standard InChI is InChI=1S/C24H23ClN4O2/c25-19-6-8-21(9-7-19)31-22-5-1-3-17(11-22)13-28-14-18-15-29(16-23(18)28)24(30)27-20-4-2-10-26-12-20/h1-12,18,23H,13-16H2,(H,27,30). The molecule has 2 unspecified atom stereocenters. The van der Waals surface area contributed by atoms with Crippen LogP contribution in [0.1, 0.15) is 5.56 Å². The van der Waals surface area contributed by atoms with Gasteiger partial charge in [-0.05, 0) is 54.1 Å². The number of urea groups is 1. The molecular weight excluding hydrogens is 412 g/mol. The Balaban J connectivity index is 1.17. The summed E-state index contributed by atoms with van der Waals surface area (Å²) >= 11 is 5.94. The van der Waals surface area contributed by atoms with E-state index in [0.717, 1.165) is 43.4 Å². The number of aromatic nitrogens is 1. The van der Waals surface area contributed by atoms with E-state index in [4.69, 9.17) is 16.3 Å². The van der Waals surface area contributed by atoms with Gasteiger partial charge < -0.3 is 15.0 Å². The highest BCUT2D eigenvalue weighted by atomic mass is 35.5. The number of nitrogens with one attached hydrogen (secondary N) is 1. The van der Waals surface area contributed by atoms with E-state index in [-0.39, 0.29) is 6.03 Å². The van der Waals surface area contributed by atoms with Crippen LogP contribution in [0.25, 0.3) is 0 Å². The van der Waals surface area contributed by atoms with Gasteiger partial charge in [0.05, 0.1) is 11.9 Å². The summed E-state index contributed by atoms with van der Waals surface area (Å²) in [6.07, 6.45) is 3.35. The van der Waals surface area contributed by atoms with Crippen molar-refractivity contribution in [2.75, 3.05) is 25.0 Å². The van der Waals surface area contributed by atoms with E-state index < -0.39 is 0 Å². The highest BCUT2D eigenvalue weighted by Gasteiger charge is 2.46. The summed E-state index contributed by atoms with van der Waals surface area (Å²) in [7, 11) is 0. The quantitative estimate of drug-likeness (QED) is 0.622. The minimum absolute atomic E-state index is 0.0549. The smallest absolute Gasteiger partial charge is 0.321 e. The lowest BCUT2D eigenvalue weighted by atomic mass is 9.91. The maximum absolute atomic E-state index is 12.6. The van der Waals surface area contributed by atoms with Gasteiger partial charge in [-0.25, -0.2) is 4.79 Å². The molecule has 1 aromatic heterocycles. The van der Waals surface area contributed by atoms with E-state index in [2.05, 4.69) is 27.3 Å². The van der Waals surface area contributed by atoms with Crippen molar-refractivity contribution >= 4 is 23.3 Å². The number of hydrogen-bond donors (Lipinski definition) is 1. The molecule has 3 heterocycles. The number of anilines is 1. The predicted octanol–water partition coefficient (Wildman–Crippen LogP) is 4.88. The van der Waals surface area contributed by atoms with Crippen molar-refractivity contribution in [2.45, 2.75) is 12.6 Å². The third-order valence-corrected chi connectivity index (χ3v) is 6.13. The molecule has 1 N–H and O–H groups in total. The van der Waals surface area contributed by atoms with Crippen molar-refractivity contribution in [3.8, 4) is 11.5 Å². The highest BCUT2D eigenvalue weighted by Crippen LogP contribution is 2.34. The lowest BCUT2D eigenvalue weighted by Crippen LogP contribution is -2.54. The molecule has 2 aromatic carbocycles. The maximum Gasteiger partial charge on any atom is 0.321 e. The molecule has 5 rings (SSSR count). The van der Waals surface area contributed by atoms with E-state index in [9.17, 15) is 4.79 Å². The third kappa shape index (κ3) is 4.50. The van der Waals surface area contributed by atoms with Gasteiger partial charge in [0.1, 0.15) is 11.5 Å². The monoisotopic (exact) mass is 434 g/mol. The lowest BCUT2D eigenvalue weighted by Gasteiger charge is -2.43. The normalized spacial score (nSPS) is 20.1. The summed E-state index contributed by atoms with van der Waals surface area (Å²) in [4.78, 5) is 21.0. The molecule has 158 valence electrons. The number of nitrogens with zero attached hydrogens (tertiary/aromatic N) is 3. The van der Waals surface area contributed by atoms with Crippen molar-refractivity contribution in [2.24, 2.45) is 5.92 Å². The molecule has 2 fully saturated rings. The Bertz CT molecular complexity index is 1060. The Morgan fingerprint density at radius 3 is 2.74 bits per heavy atom. The number of carbonyl (C=O) groups is 1. The second-order valence-corrected chi connectivity index (χ2v) is 8.47. The van der Waals surface area contributed by atoms with Crippen LogP contribution in [0.2, 0.25) is 5.02 Å². The molecule has 0 radical (unpaired) electrons. The number of ether oxygens (including phenoxy) is 1. The first kappa shape index (κ1) is 19.8. The second kappa shape index (κ2) is 8.57. The Kier molecular flexibility index (Phi) is 5.49. The van der Waals surface area contributed by atoms with E-state index in [1.165, 1.54) is 5.56 Å². The van der Waals surface area contributed by atoms with Gasteiger partial charge in [0, 0.05) is 49.4 Å². The molecule has 6 nitrogen and oxygen atoms in total. The van der Waals surface area contributed by atoms with E-state index in [0.29, 0.717) is 17.0 Å². The number of likely N-dealkylation sites (tertiary alicyclic amines) is 2. The number of amides is 2. The molecule has 0 bridgehead atoms. The van der Waals surface area contributed by atoms with Crippen LogP contribution in [-0.4, -0.2) is 46.5 Å². The first-order valence-corrected chi connectivity index (χ1v) is 10.7. The van der Waals surface area contributed by atoms with Crippen molar-refractivity contribution in [1.29, 1.82) is 0 Å². The average Bonchev–Trinajstić information content (AvgIpc) is 3.12. The summed E-state index contributed by atoms with van der Waals surface area (Å²) in [5.74, 6) is 2.10. The SMILES string of the molecule is O=C(Nc1cccnc1)N1CC2CN(Cc3cccc(Oc4ccc(Cl)cc4)c3)C2C1. The predicted molar refractivity (Wildman–Crippen MR) is 120 cm³/mol. The zero-order chi connectivity index (χ0) is 21.2. The first-order chi connectivity index (χ1) is 15.1. The molecule has 0 aliphatic carbocycles. The highest BCUT2D eigenvalue weighted by molar-refractivity contribution is 6.30. The van der Waals surface area contributed by atoms with Crippen molar-refractivity contribution < 1.29 is 9.53 Å². The number of halogens is 1. The maximum atomic E-state index is 12.6. The van der Waals surface area contributed by atoms with Gasteiger partial charge in [0.25, 0.3) is 0 Å². The van der Waals surface area contributed by atoms with E-state index in [1.807, 2.05) is 53.4 Å². The van der Waals surface area contributed by atoms with Crippen LogP contribution >= 0.6 is 11.6 Å². The summed E-state index contributed by atoms with van der Waals surface area (Å²) in [5.41, 5.74) is 1.92. The Labute approximate surface area is 186 Å². The average molecular weight is 435 g/mol. The summed E-state index contributed by atoms with van der Waals surface area (Å²) in [5, 5.41) is 3.62. The number of rotatable bonds is 5. The second-order valence-electron chi connectivity index (χ2n) is 8.04. The number of pyridine rings is 1. The van der Waals surface area contributed by atoms with Crippen LogP contribution in [0.3, 0.4) is 0 Å². The minimum Gasteiger partial charge on any atom is -0.457 e. The minimum atomic E-state index is -0.0549. The van der Waals surface area contributed by atoms with Gasteiger partial charge >= 0.3 is 6.03 Å². The summed E-state index contributed by atoms with van der Waals surface area (Å²) in [6, 6.07) is 19.5. The molecule has 3 aromatic rings. The van der Waals surface area contributed by atoms with Gasteiger partial charge in [0.2, 0.25) is 0 Å². The molecule has 2 aliphatic rings. The Morgan fingerprint density at radius 1 is 1.06 bits per heavy atom. The van der Waals surface area contributed by atoms with Crippen LogP contribution in [0.4, 0.5) is 10.5 Å². The van der Waals surface area contributed by atoms with Crippen molar-refractivity contribution in [3.63, 3.8) is 0 Å². The molecule has 2 saturated heterocycles. The van der Waals surface area contributed by atoms with Crippen LogP contribution < -0.4 is 10.1 Å². The molecule has 2 aliphatic heterocycles. The topological polar surface area (TPSA) is 57.7 Å². The zero-order valence-corrected chi connectivity index (χ0v) is 17.7. The lowest BCUT2D eigenvalue weighted by molar-refractivity contribution is 0.0434. The molecule has 0 saturated carbocycles. The van der Waals surface area contributed by atoms with E-state index >= 15 is 0 Å². The van der Waals surface area contributed by atoms with Gasteiger partial charge in [-0.2, -0.15) is 0 Å². The van der Waals surface area contributed by atoms with Gasteiger partial charge in [-0.15, -0.1) is 0 Å². The van der Waals surface area contributed by atoms with Gasteiger partial charge in [-0.1, -0.05) is 23.7 Å². The third-order valence-electron chi connectivity index (χ3n) is 5.88. The van der Waals surface area contributed by atoms with E-state index in [1.54, 1.807) is 12.4 Å². The Hall–Kier alpha value is -3.09. The van der Waals surface area contributed by atoms with Gasteiger partial charge in [-0.3, -0.25) is 9.88 Å². The van der Waals surface area contributed by atoms with Crippen molar-refractivity contribution in [1.82, 2.24) is 14.8 Å². The molecular formula is C24H23ClN4O2. The number of hydrogen-bond acceptors (Lipinski definition) is 4. The number of benzene rings is 2. The van der Waals surface area contributed by atoms with Crippen molar-refractivity contribution in [3.05, 3.63) is 83.6 Å². The molecule has 7 heteroatoms. The Morgan fingerprint density at radius 2 is 1.94 bits per heavy atom. The fourth-order valence-corrected chi connectivity index (χ4v) is 4.44. The molecule has 2 atom stereocenters. The van der Waals surface area contributed by atoms with Crippen LogP contribution in [-0.2, 0) is 6.54 Å². The van der Waals surface area contributed by atoms with Crippen LogP contribution in [0.15, 0.2) is 73.1 Å². The molecule has 0 spiro atoms. The zero-order valence-electron chi connectivity index (χ0n) is 16.9.